The number of primary amides is 1. The highest BCUT2D eigenvalue weighted by Crippen LogP contribution is 2.21. The molecule has 2 amide bonds. The van der Waals surface area contributed by atoms with Crippen molar-refractivity contribution in [3.63, 3.8) is 0 Å². The Balaban J connectivity index is 1.69. The number of anilines is 1. The van der Waals surface area contributed by atoms with Crippen LogP contribution < -0.4 is 15.8 Å². The number of amides is 2. The average molecular weight is 334 g/mol. The summed E-state index contributed by atoms with van der Waals surface area (Å²) in [5.74, 6) is -0.237. The van der Waals surface area contributed by atoms with Crippen LogP contribution in [-0.2, 0) is 4.79 Å². The van der Waals surface area contributed by atoms with E-state index in [1.54, 1.807) is 25.1 Å². The smallest absolute Gasteiger partial charge is 0.265 e. The standard InChI is InChI=1S/C20H18N2O3/c1-13(20(24)22-17-8-4-7-16(11-17)19(21)23)25-18-10-9-14-5-2-3-6-15(14)12-18/h2-13H,1H3,(H2,21,23)(H,22,24)/t13-/m0/s1. The van der Waals surface area contributed by atoms with Crippen LogP contribution in [0.3, 0.4) is 0 Å². The summed E-state index contributed by atoms with van der Waals surface area (Å²) in [6.45, 7) is 1.67. The van der Waals surface area contributed by atoms with Crippen molar-refractivity contribution in [1.82, 2.24) is 0 Å². The molecule has 3 aromatic rings. The Morgan fingerprint density at radius 1 is 0.960 bits per heavy atom. The molecule has 3 N–H and O–H groups in total. The third-order valence-corrected chi connectivity index (χ3v) is 3.82. The summed E-state index contributed by atoms with van der Waals surface area (Å²) in [6, 6.07) is 20.1. The van der Waals surface area contributed by atoms with E-state index in [4.69, 9.17) is 10.5 Å². The Morgan fingerprint density at radius 2 is 1.72 bits per heavy atom. The molecule has 0 fully saturated rings. The molecule has 126 valence electrons. The van der Waals surface area contributed by atoms with Crippen molar-refractivity contribution >= 4 is 28.3 Å². The van der Waals surface area contributed by atoms with Gasteiger partial charge in [0.25, 0.3) is 5.91 Å². The molecule has 0 heterocycles. The van der Waals surface area contributed by atoms with Crippen molar-refractivity contribution in [2.45, 2.75) is 13.0 Å². The lowest BCUT2D eigenvalue weighted by atomic mass is 10.1. The number of benzene rings is 3. The molecule has 3 aromatic carbocycles. The zero-order chi connectivity index (χ0) is 17.8. The Hall–Kier alpha value is -3.34. The number of rotatable bonds is 5. The summed E-state index contributed by atoms with van der Waals surface area (Å²) < 4.78 is 5.73. The zero-order valence-corrected chi connectivity index (χ0v) is 13.7. The van der Waals surface area contributed by atoms with Crippen LogP contribution in [0, 0.1) is 0 Å². The van der Waals surface area contributed by atoms with Crippen molar-refractivity contribution < 1.29 is 14.3 Å². The lowest BCUT2D eigenvalue weighted by Gasteiger charge is -2.15. The van der Waals surface area contributed by atoms with Gasteiger partial charge in [0.2, 0.25) is 5.91 Å². The Kier molecular flexibility index (Phi) is 4.66. The largest absolute Gasteiger partial charge is 0.481 e. The summed E-state index contributed by atoms with van der Waals surface area (Å²) >= 11 is 0. The van der Waals surface area contributed by atoms with E-state index in [0.29, 0.717) is 17.0 Å². The second-order valence-corrected chi connectivity index (χ2v) is 5.70. The fraction of sp³-hybridized carbons (Fsp3) is 0.100. The number of fused-ring (bicyclic) bond motifs is 1. The molecule has 3 rings (SSSR count). The molecule has 25 heavy (non-hydrogen) atoms. The van der Waals surface area contributed by atoms with E-state index in [0.717, 1.165) is 10.8 Å². The Bertz CT molecular complexity index is 937. The highest BCUT2D eigenvalue weighted by atomic mass is 16.5. The molecule has 0 unspecified atom stereocenters. The van der Waals surface area contributed by atoms with E-state index in [1.807, 2.05) is 42.5 Å². The number of nitrogens with one attached hydrogen (secondary N) is 1. The van der Waals surface area contributed by atoms with Crippen LogP contribution in [0.25, 0.3) is 10.8 Å². The summed E-state index contributed by atoms with van der Waals surface area (Å²) in [5.41, 5.74) is 6.07. The van der Waals surface area contributed by atoms with Gasteiger partial charge in [-0.3, -0.25) is 9.59 Å². The molecule has 0 bridgehead atoms. The minimum atomic E-state index is -0.696. The van der Waals surface area contributed by atoms with Crippen molar-refractivity contribution in [3.05, 3.63) is 72.3 Å². The zero-order valence-electron chi connectivity index (χ0n) is 13.7. The first-order valence-corrected chi connectivity index (χ1v) is 7.89. The summed E-state index contributed by atoms with van der Waals surface area (Å²) in [4.78, 5) is 23.5. The maximum atomic E-state index is 12.3. The molecule has 0 aromatic heterocycles. The molecule has 0 spiro atoms. The van der Waals surface area contributed by atoms with Crippen LogP contribution in [0.1, 0.15) is 17.3 Å². The number of hydrogen-bond donors (Lipinski definition) is 2. The number of nitrogens with two attached hydrogens (primary N) is 1. The molecule has 0 aliphatic heterocycles. The van der Waals surface area contributed by atoms with Crippen LogP contribution in [0.5, 0.6) is 5.75 Å². The monoisotopic (exact) mass is 334 g/mol. The van der Waals surface area contributed by atoms with Crippen molar-refractivity contribution in [1.29, 1.82) is 0 Å². The van der Waals surface area contributed by atoms with Crippen molar-refractivity contribution in [2.75, 3.05) is 5.32 Å². The molecule has 5 nitrogen and oxygen atoms in total. The van der Waals surface area contributed by atoms with Gasteiger partial charge in [0, 0.05) is 11.3 Å². The van der Waals surface area contributed by atoms with Crippen LogP contribution in [0.15, 0.2) is 66.7 Å². The Labute approximate surface area is 145 Å². The van der Waals surface area contributed by atoms with Crippen LogP contribution in [0.2, 0.25) is 0 Å². The quantitative estimate of drug-likeness (QED) is 0.751. The van der Waals surface area contributed by atoms with Gasteiger partial charge in [0.1, 0.15) is 5.75 Å². The SMILES string of the molecule is C[C@H](Oc1ccc2ccccc2c1)C(=O)Nc1cccc(C(N)=O)c1. The van der Waals surface area contributed by atoms with E-state index < -0.39 is 12.0 Å². The molecule has 0 radical (unpaired) electrons. The molecule has 0 saturated heterocycles. The molecule has 0 aliphatic rings. The van der Waals surface area contributed by atoms with Crippen LogP contribution in [0.4, 0.5) is 5.69 Å². The molecular formula is C20H18N2O3. The van der Waals surface area contributed by atoms with Crippen molar-refractivity contribution in [2.24, 2.45) is 5.73 Å². The first-order chi connectivity index (χ1) is 12.0. The third kappa shape index (κ3) is 3.95. The van der Waals surface area contributed by atoms with Gasteiger partial charge in [-0.2, -0.15) is 0 Å². The molecular weight excluding hydrogens is 316 g/mol. The lowest BCUT2D eigenvalue weighted by molar-refractivity contribution is -0.122. The first-order valence-electron chi connectivity index (χ1n) is 7.89. The average Bonchev–Trinajstić information content (AvgIpc) is 2.61. The fourth-order valence-corrected chi connectivity index (χ4v) is 2.49. The van der Waals surface area contributed by atoms with Crippen molar-refractivity contribution in [3.8, 4) is 5.75 Å². The van der Waals surface area contributed by atoms with Gasteiger partial charge in [-0.25, -0.2) is 0 Å². The first kappa shape index (κ1) is 16.5. The van der Waals surface area contributed by atoms with E-state index in [1.165, 1.54) is 6.07 Å². The second kappa shape index (κ2) is 7.05. The predicted octanol–water partition coefficient (Wildman–Crippen LogP) is 3.34. The normalized spacial score (nSPS) is 11.7. The number of carbonyl (C=O) groups is 2. The maximum Gasteiger partial charge on any atom is 0.265 e. The minimum absolute atomic E-state index is 0.310. The van der Waals surface area contributed by atoms with E-state index in [9.17, 15) is 9.59 Å². The molecule has 5 heteroatoms. The topological polar surface area (TPSA) is 81.4 Å². The number of hydrogen-bond acceptors (Lipinski definition) is 3. The van der Waals surface area contributed by atoms with Gasteiger partial charge >= 0.3 is 0 Å². The summed E-state index contributed by atoms with van der Waals surface area (Å²) in [7, 11) is 0. The molecule has 0 aliphatic carbocycles. The fourth-order valence-electron chi connectivity index (χ4n) is 2.49. The van der Waals surface area contributed by atoms with Gasteiger partial charge in [-0.15, -0.1) is 0 Å². The van der Waals surface area contributed by atoms with E-state index in [-0.39, 0.29) is 5.91 Å². The third-order valence-electron chi connectivity index (χ3n) is 3.82. The number of carbonyl (C=O) groups excluding carboxylic acids is 2. The molecule has 0 saturated carbocycles. The highest BCUT2D eigenvalue weighted by Gasteiger charge is 2.15. The second-order valence-electron chi connectivity index (χ2n) is 5.70. The lowest BCUT2D eigenvalue weighted by Crippen LogP contribution is -2.30. The summed E-state index contributed by atoms with van der Waals surface area (Å²) in [5, 5.41) is 4.87. The van der Waals surface area contributed by atoms with E-state index >= 15 is 0 Å². The van der Waals surface area contributed by atoms with E-state index in [2.05, 4.69) is 5.32 Å². The van der Waals surface area contributed by atoms with Gasteiger partial charge in [0.05, 0.1) is 0 Å². The Morgan fingerprint density at radius 3 is 2.48 bits per heavy atom. The van der Waals surface area contributed by atoms with Gasteiger partial charge in [0.15, 0.2) is 6.10 Å². The summed E-state index contributed by atoms with van der Waals surface area (Å²) in [6.07, 6.45) is -0.696. The molecule has 1 atom stereocenters. The van der Waals surface area contributed by atoms with Gasteiger partial charge < -0.3 is 15.8 Å². The van der Waals surface area contributed by atoms with Crippen LogP contribution >= 0.6 is 0 Å². The van der Waals surface area contributed by atoms with Crippen LogP contribution in [-0.4, -0.2) is 17.9 Å². The minimum Gasteiger partial charge on any atom is -0.481 e. The maximum absolute atomic E-state index is 12.3. The number of ether oxygens (including phenoxy) is 1. The van der Waals surface area contributed by atoms with Gasteiger partial charge in [-0.1, -0.05) is 36.4 Å². The van der Waals surface area contributed by atoms with Gasteiger partial charge in [-0.05, 0) is 48.0 Å². The predicted molar refractivity (Wildman–Crippen MR) is 97.6 cm³/mol. The highest BCUT2D eigenvalue weighted by molar-refractivity contribution is 5.97.